The van der Waals surface area contributed by atoms with Crippen molar-refractivity contribution in [3.63, 3.8) is 0 Å². The van der Waals surface area contributed by atoms with Crippen molar-refractivity contribution >= 4 is 53.8 Å². The summed E-state index contributed by atoms with van der Waals surface area (Å²) in [5, 5.41) is 3.35. The molecule has 55 heavy (non-hydrogen) atoms. The zero-order valence-corrected chi connectivity index (χ0v) is 33.3. The van der Waals surface area contributed by atoms with Gasteiger partial charge in [-0.05, 0) is 98.2 Å². The highest BCUT2D eigenvalue weighted by Gasteiger charge is 2.26. The summed E-state index contributed by atoms with van der Waals surface area (Å²) in [6, 6.07) is 27.4. The molecule has 2 fully saturated rings. The van der Waals surface area contributed by atoms with Crippen molar-refractivity contribution in [2.24, 2.45) is 11.8 Å². The summed E-state index contributed by atoms with van der Waals surface area (Å²) < 4.78 is 68.5. The van der Waals surface area contributed by atoms with Gasteiger partial charge >= 0.3 is 0 Å². The SMILES string of the molecule is CC(C)(C)c1nc2cc(NS(=O)(=O)c3ccccc3)ccc2n1CC1CCOCC1.Nc1cc(NS(=O)(=O)c2ccccc2)ccc1NCC1CCOCC1. The van der Waals surface area contributed by atoms with Gasteiger partial charge in [0.15, 0.2) is 0 Å². The highest BCUT2D eigenvalue weighted by molar-refractivity contribution is 7.93. The molecule has 5 N–H and O–H groups in total. The van der Waals surface area contributed by atoms with Crippen molar-refractivity contribution in [3.8, 4) is 0 Å². The van der Waals surface area contributed by atoms with E-state index in [1.54, 1.807) is 78.9 Å². The third-order valence-corrected chi connectivity index (χ3v) is 12.6. The molecule has 5 aromatic rings. The van der Waals surface area contributed by atoms with Crippen LogP contribution in [0.3, 0.4) is 0 Å². The number of rotatable bonds is 11. The van der Waals surface area contributed by atoms with Gasteiger partial charge in [0, 0.05) is 44.9 Å². The molecule has 7 rings (SSSR count). The number of nitrogens with one attached hydrogen (secondary N) is 3. The minimum Gasteiger partial charge on any atom is -0.397 e. The molecule has 1 aromatic heterocycles. The van der Waals surface area contributed by atoms with Crippen LogP contribution in [0.4, 0.5) is 22.7 Å². The molecule has 12 nitrogen and oxygen atoms in total. The van der Waals surface area contributed by atoms with Gasteiger partial charge in [-0.15, -0.1) is 0 Å². The number of anilines is 4. The van der Waals surface area contributed by atoms with E-state index in [1.165, 1.54) is 0 Å². The number of hydrogen-bond donors (Lipinski definition) is 4. The van der Waals surface area contributed by atoms with Crippen molar-refractivity contribution in [1.82, 2.24) is 9.55 Å². The van der Waals surface area contributed by atoms with Crippen LogP contribution < -0.4 is 20.5 Å². The van der Waals surface area contributed by atoms with Crippen LogP contribution in [0.2, 0.25) is 0 Å². The first-order chi connectivity index (χ1) is 26.3. The largest absolute Gasteiger partial charge is 0.397 e. The molecule has 0 spiro atoms. The van der Waals surface area contributed by atoms with Crippen LogP contribution >= 0.6 is 0 Å². The topological polar surface area (TPSA) is 167 Å². The molecule has 2 saturated heterocycles. The fourth-order valence-electron chi connectivity index (χ4n) is 6.76. The minimum absolute atomic E-state index is 0.117. The summed E-state index contributed by atoms with van der Waals surface area (Å²) in [7, 11) is -7.25. The number of nitrogens with zero attached hydrogens (tertiary/aromatic N) is 2. The van der Waals surface area contributed by atoms with E-state index in [4.69, 9.17) is 20.2 Å². The Labute approximate surface area is 324 Å². The summed E-state index contributed by atoms with van der Waals surface area (Å²) in [5.41, 5.74) is 10.1. The zero-order valence-electron chi connectivity index (χ0n) is 31.7. The summed E-state index contributed by atoms with van der Waals surface area (Å²) >= 11 is 0. The quantitative estimate of drug-likeness (QED) is 0.0994. The van der Waals surface area contributed by atoms with Crippen LogP contribution in [-0.2, 0) is 41.5 Å². The first-order valence-corrected chi connectivity index (χ1v) is 21.7. The van der Waals surface area contributed by atoms with Gasteiger partial charge < -0.3 is 25.1 Å². The van der Waals surface area contributed by atoms with Crippen LogP contribution in [0.25, 0.3) is 11.0 Å². The van der Waals surface area contributed by atoms with Gasteiger partial charge in [0.25, 0.3) is 20.0 Å². The van der Waals surface area contributed by atoms with E-state index in [-0.39, 0.29) is 15.2 Å². The molecule has 0 amide bonds. The number of imidazole rings is 1. The van der Waals surface area contributed by atoms with Crippen molar-refractivity contribution < 1.29 is 26.3 Å². The number of benzene rings is 4. The fraction of sp³-hybridized carbons (Fsp3) is 0.390. The van der Waals surface area contributed by atoms with Gasteiger partial charge in [-0.3, -0.25) is 9.44 Å². The highest BCUT2D eigenvalue weighted by Crippen LogP contribution is 2.31. The van der Waals surface area contributed by atoms with E-state index in [0.29, 0.717) is 28.9 Å². The highest BCUT2D eigenvalue weighted by atomic mass is 32.2. The predicted octanol–water partition coefficient (Wildman–Crippen LogP) is 7.47. The van der Waals surface area contributed by atoms with Gasteiger partial charge in [-0.2, -0.15) is 0 Å². The molecule has 2 aliphatic heterocycles. The monoisotopic (exact) mass is 788 g/mol. The van der Waals surface area contributed by atoms with Crippen molar-refractivity contribution in [1.29, 1.82) is 0 Å². The van der Waals surface area contributed by atoms with Crippen molar-refractivity contribution in [2.75, 3.05) is 53.5 Å². The predicted molar refractivity (Wildman–Crippen MR) is 219 cm³/mol. The number of ether oxygens (including phenoxy) is 2. The lowest BCUT2D eigenvalue weighted by Gasteiger charge is -2.26. The molecule has 0 radical (unpaired) electrons. The van der Waals surface area contributed by atoms with Crippen LogP contribution in [0.15, 0.2) is 107 Å². The molecular formula is C41H52N6O6S2. The Morgan fingerprint density at radius 3 is 1.75 bits per heavy atom. The molecule has 2 aliphatic rings. The lowest BCUT2D eigenvalue weighted by molar-refractivity contribution is 0.0611. The first kappa shape index (κ1) is 40.0. The number of sulfonamides is 2. The second-order valence-electron chi connectivity index (χ2n) is 15.1. The molecule has 0 atom stereocenters. The molecule has 14 heteroatoms. The van der Waals surface area contributed by atoms with Gasteiger partial charge in [-0.1, -0.05) is 57.2 Å². The lowest BCUT2D eigenvalue weighted by Crippen LogP contribution is -2.25. The van der Waals surface area contributed by atoms with E-state index >= 15 is 0 Å². The van der Waals surface area contributed by atoms with Gasteiger partial charge in [-0.25, -0.2) is 21.8 Å². The Balaban J connectivity index is 0.000000190. The third-order valence-electron chi connectivity index (χ3n) is 9.79. The number of nitrogen functional groups attached to an aromatic ring is 1. The second-order valence-corrected chi connectivity index (χ2v) is 18.5. The molecule has 0 bridgehead atoms. The maximum absolute atomic E-state index is 12.7. The van der Waals surface area contributed by atoms with Crippen molar-refractivity contribution in [2.45, 2.75) is 68.2 Å². The Kier molecular flexibility index (Phi) is 12.7. The Morgan fingerprint density at radius 1 is 0.709 bits per heavy atom. The summed E-state index contributed by atoms with van der Waals surface area (Å²) in [4.78, 5) is 5.37. The van der Waals surface area contributed by atoms with Gasteiger partial charge in [0.05, 0.1) is 43.6 Å². The maximum atomic E-state index is 12.7. The van der Waals surface area contributed by atoms with E-state index in [1.807, 2.05) is 18.2 Å². The van der Waals surface area contributed by atoms with E-state index in [0.717, 1.165) is 87.7 Å². The Bertz CT molecular complexity index is 2250. The fourth-order valence-corrected chi connectivity index (χ4v) is 8.90. The molecular weight excluding hydrogens is 737 g/mol. The average Bonchev–Trinajstić information content (AvgIpc) is 3.54. The van der Waals surface area contributed by atoms with Crippen LogP contribution in [0.1, 0.15) is 52.3 Å². The molecule has 3 heterocycles. The van der Waals surface area contributed by atoms with Crippen molar-refractivity contribution in [3.05, 3.63) is 103 Å². The first-order valence-electron chi connectivity index (χ1n) is 18.7. The van der Waals surface area contributed by atoms with Crippen LogP contribution in [0, 0.1) is 11.8 Å². The Morgan fingerprint density at radius 2 is 1.22 bits per heavy atom. The number of aromatic nitrogens is 2. The second kappa shape index (κ2) is 17.4. The zero-order chi connectivity index (χ0) is 39.1. The lowest BCUT2D eigenvalue weighted by atomic mass is 9.94. The maximum Gasteiger partial charge on any atom is 0.261 e. The van der Waals surface area contributed by atoms with Gasteiger partial charge in [0.2, 0.25) is 0 Å². The molecule has 0 saturated carbocycles. The van der Waals surface area contributed by atoms with Crippen LogP contribution in [0.5, 0.6) is 0 Å². The van der Waals surface area contributed by atoms with E-state index < -0.39 is 20.0 Å². The molecule has 0 unspecified atom stereocenters. The normalized spacial score (nSPS) is 15.9. The number of hydrogen-bond acceptors (Lipinski definition) is 9. The minimum atomic E-state index is -3.63. The number of nitrogens with two attached hydrogens (primary N) is 1. The summed E-state index contributed by atoms with van der Waals surface area (Å²) in [5.74, 6) is 2.16. The number of fused-ring (bicyclic) bond motifs is 1. The standard InChI is InChI=1S/C23H29N3O3S.C18H23N3O3S/c1-23(2,3)22-24-20-15-18(25-30(27,28)19-7-5-4-6-8-19)9-10-21(20)26(22)16-17-11-13-29-14-12-17;19-17-12-15(21-25(22,23)16-4-2-1-3-5-16)6-7-18(17)20-13-14-8-10-24-11-9-14/h4-10,15,17,25H,11-14,16H2,1-3H3;1-7,12,14,20-21H,8-11,13,19H2. The summed E-state index contributed by atoms with van der Waals surface area (Å²) in [6.45, 7) is 11.5. The smallest absolute Gasteiger partial charge is 0.261 e. The Hall–Kier alpha value is -4.63. The van der Waals surface area contributed by atoms with Crippen LogP contribution in [-0.4, -0.2) is 59.4 Å². The van der Waals surface area contributed by atoms with Gasteiger partial charge in [0.1, 0.15) is 5.82 Å². The summed E-state index contributed by atoms with van der Waals surface area (Å²) in [6.07, 6.45) is 4.19. The van der Waals surface area contributed by atoms with E-state index in [2.05, 4.69) is 40.1 Å². The molecule has 0 aliphatic carbocycles. The third kappa shape index (κ3) is 10.6. The van der Waals surface area contributed by atoms with E-state index in [9.17, 15) is 16.8 Å². The average molecular weight is 789 g/mol. The molecule has 294 valence electrons. The molecule has 4 aromatic carbocycles.